The van der Waals surface area contributed by atoms with E-state index in [1.807, 2.05) is 6.92 Å². The molecule has 1 fully saturated rings. The summed E-state index contributed by atoms with van der Waals surface area (Å²) in [5.41, 5.74) is 1.11. The molecule has 156 valence electrons. The second kappa shape index (κ2) is 8.87. The third-order valence-electron chi connectivity index (χ3n) is 5.04. The Morgan fingerprint density at radius 1 is 1.17 bits per heavy atom. The van der Waals surface area contributed by atoms with E-state index in [9.17, 15) is 24.8 Å². The van der Waals surface area contributed by atoms with Crippen LogP contribution in [-0.4, -0.2) is 46.9 Å². The maximum atomic E-state index is 12.9. The third-order valence-corrected chi connectivity index (χ3v) is 5.04. The lowest BCUT2D eigenvalue weighted by Crippen LogP contribution is -2.31. The molecular weight excluding hydrogens is 388 g/mol. The van der Waals surface area contributed by atoms with Gasteiger partial charge in [0.2, 0.25) is 0 Å². The zero-order valence-corrected chi connectivity index (χ0v) is 16.7. The van der Waals surface area contributed by atoms with E-state index < -0.39 is 22.7 Å². The van der Waals surface area contributed by atoms with Gasteiger partial charge in [-0.25, -0.2) is 0 Å². The van der Waals surface area contributed by atoms with Gasteiger partial charge in [-0.1, -0.05) is 42.0 Å². The van der Waals surface area contributed by atoms with E-state index in [0.29, 0.717) is 18.6 Å². The average molecular weight is 410 g/mol. The first-order valence-electron chi connectivity index (χ1n) is 9.44. The van der Waals surface area contributed by atoms with Crippen molar-refractivity contribution >= 4 is 23.1 Å². The van der Waals surface area contributed by atoms with Gasteiger partial charge in [-0.3, -0.25) is 19.7 Å². The molecule has 0 bridgehead atoms. The highest BCUT2D eigenvalue weighted by molar-refractivity contribution is 6.46. The molecule has 0 aliphatic carbocycles. The minimum atomic E-state index is -1.07. The number of aryl methyl sites for hydroxylation is 1. The maximum Gasteiger partial charge on any atom is 0.295 e. The number of benzene rings is 2. The van der Waals surface area contributed by atoms with E-state index in [1.54, 1.807) is 30.3 Å². The summed E-state index contributed by atoms with van der Waals surface area (Å²) < 4.78 is 5.03. The molecule has 1 heterocycles. The van der Waals surface area contributed by atoms with Crippen LogP contribution in [-0.2, 0) is 14.3 Å². The van der Waals surface area contributed by atoms with Crippen molar-refractivity contribution in [2.75, 3.05) is 20.3 Å². The van der Waals surface area contributed by atoms with E-state index >= 15 is 0 Å². The molecule has 0 spiro atoms. The number of nitrogens with zero attached hydrogens (tertiary/aromatic N) is 2. The first-order chi connectivity index (χ1) is 14.4. The highest BCUT2D eigenvalue weighted by Gasteiger charge is 2.47. The van der Waals surface area contributed by atoms with Crippen molar-refractivity contribution in [3.05, 3.63) is 80.9 Å². The van der Waals surface area contributed by atoms with Crippen LogP contribution in [0.3, 0.4) is 0 Å². The van der Waals surface area contributed by atoms with E-state index in [4.69, 9.17) is 4.74 Å². The number of ketones is 1. The number of aliphatic hydroxyl groups excluding tert-OH is 1. The predicted molar refractivity (Wildman–Crippen MR) is 110 cm³/mol. The number of hydrogen-bond acceptors (Lipinski definition) is 6. The topological polar surface area (TPSA) is 110 Å². The van der Waals surface area contributed by atoms with Gasteiger partial charge >= 0.3 is 0 Å². The molecule has 1 amide bonds. The summed E-state index contributed by atoms with van der Waals surface area (Å²) in [7, 11) is 1.52. The summed E-state index contributed by atoms with van der Waals surface area (Å²) in [5.74, 6) is -2.03. The molecule has 0 aromatic heterocycles. The number of ether oxygens (including phenoxy) is 1. The first kappa shape index (κ1) is 21.2. The molecule has 1 atom stereocenters. The lowest BCUT2D eigenvalue weighted by atomic mass is 9.94. The minimum Gasteiger partial charge on any atom is -0.507 e. The number of nitro benzene ring substituents is 1. The second-order valence-electron chi connectivity index (χ2n) is 7.02. The van der Waals surface area contributed by atoms with Gasteiger partial charge in [0.05, 0.1) is 22.1 Å². The third kappa shape index (κ3) is 3.95. The van der Waals surface area contributed by atoms with Crippen LogP contribution >= 0.6 is 0 Å². The van der Waals surface area contributed by atoms with Gasteiger partial charge in [-0.05, 0) is 19.4 Å². The van der Waals surface area contributed by atoms with Gasteiger partial charge in [0.15, 0.2) is 0 Å². The standard InChI is InChI=1S/C22H22N2O6/c1-14-8-10-15(11-9-14)20(25)18-19(16-6-3-4-7-17(16)24(28)29)23(12-5-13-30-2)22(27)21(18)26/h3-4,6-11,19,25H,5,12-13H2,1-2H3. The van der Waals surface area contributed by atoms with E-state index in [-0.39, 0.29) is 29.1 Å². The Labute approximate surface area is 173 Å². The van der Waals surface area contributed by atoms with Crippen LogP contribution in [0.1, 0.15) is 29.2 Å². The number of carbonyl (C=O) groups excluding carboxylic acids is 2. The monoisotopic (exact) mass is 410 g/mol. The van der Waals surface area contributed by atoms with Crippen molar-refractivity contribution in [3.8, 4) is 0 Å². The van der Waals surface area contributed by atoms with Crippen molar-refractivity contribution in [2.45, 2.75) is 19.4 Å². The normalized spacial score (nSPS) is 18.1. The summed E-state index contributed by atoms with van der Waals surface area (Å²) >= 11 is 0. The van der Waals surface area contributed by atoms with Crippen LogP contribution in [0.4, 0.5) is 5.69 Å². The quantitative estimate of drug-likeness (QED) is 0.187. The second-order valence-corrected chi connectivity index (χ2v) is 7.02. The van der Waals surface area contributed by atoms with E-state index in [1.165, 1.54) is 30.2 Å². The van der Waals surface area contributed by atoms with Gasteiger partial charge in [0, 0.05) is 31.9 Å². The Balaban J connectivity index is 2.20. The molecule has 3 rings (SSSR count). The average Bonchev–Trinajstić information content (AvgIpc) is 2.99. The number of nitro groups is 1. The number of aliphatic hydroxyl groups is 1. The number of carbonyl (C=O) groups is 2. The van der Waals surface area contributed by atoms with Crippen LogP contribution in [0.2, 0.25) is 0 Å². The molecule has 2 aromatic rings. The van der Waals surface area contributed by atoms with Crippen molar-refractivity contribution in [2.24, 2.45) is 0 Å². The number of likely N-dealkylation sites (tertiary alicyclic amines) is 1. The molecule has 1 aliphatic rings. The molecule has 0 saturated carbocycles. The molecule has 1 saturated heterocycles. The van der Waals surface area contributed by atoms with Gasteiger partial charge < -0.3 is 14.7 Å². The molecule has 8 nitrogen and oxygen atoms in total. The summed E-state index contributed by atoms with van der Waals surface area (Å²) in [6, 6.07) is 11.7. The van der Waals surface area contributed by atoms with Crippen molar-refractivity contribution in [3.63, 3.8) is 0 Å². The zero-order chi connectivity index (χ0) is 21.8. The summed E-state index contributed by atoms with van der Waals surface area (Å²) in [6.07, 6.45) is 0.436. The maximum absolute atomic E-state index is 12.9. The van der Waals surface area contributed by atoms with Gasteiger partial charge in [0.1, 0.15) is 5.76 Å². The Bertz CT molecular complexity index is 1010. The summed E-state index contributed by atoms with van der Waals surface area (Å²) in [4.78, 5) is 38.0. The van der Waals surface area contributed by atoms with Crippen molar-refractivity contribution in [1.29, 1.82) is 0 Å². The molecule has 8 heteroatoms. The smallest absolute Gasteiger partial charge is 0.295 e. The highest BCUT2D eigenvalue weighted by atomic mass is 16.6. The molecule has 0 radical (unpaired) electrons. The molecule has 30 heavy (non-hydrogen) atoms. The fraction of sp³-hybridized carbons (Fsp3) is 0.273. The van der Waals surface area contributed by atoms with Crippen LogP contribution in [0, 0.1) is 17.0 Å². The molecule has 2 aromatic carbocycles. The fourth-order valence-electron chi connectivity index (χ4n) is 3.57. The SMILES string of the molecule is COCCCN1C(=O)C(=O)C(=C(O)c2ccc(C)cc2)C1c1ccccc1[N+](=O)[O-]. The number of methoxy groups -OCH3 is 1. The Morgan fingerprint density at radius 3 is 2.47 bits per heavy atom. The zero-order valence-electron chi connectivity index (χ0n) is 16.7. The number of rotatable bonds is 7. The van der Waals surface area contributed by atoms with Crippen LogP contribution in [0.25, 0.3) is 5.76 Å². The number of Topliss-reactive ketones (excluding diaryl/α,β-unsaturated/α-hetero) is 1. The van der Waals surface area contributed by atoms with Gasteiger partial charge in [-0.2, -0.15) is 0 Å². The Morgan fingerprint density at radius 2 is 1.83 bits per heavy atom. The van der Waals surface area contributed by atoms with Crippen molar-refractivity contribution < 1.29 is 24.4 Å². The molecule has 1 unspecified atom stereocenters. The minimum absolute atomic E-state index is 0.153. The fourth-order valence-corrected chi connectivity index (χ4v) is 3.57. The number of para-hydroxylation sites is 1. The largest absolute Gasteiger partial charge is 0.507 e. The lowest BCUT2D eigenvalue weighted by molar-refractivity contribution is -0.385. The van der Waals surface area contributed by atoms with E-state index in [0.717, 1.165) is 5.56 Å². The number of amides is 1. The van der Waals surface area contributed by atoms with E-state index in [2.05, 4.69) is 0 Å². The highest BCUT2D eigenvalue weighted by Crippen LogP contribution is 2.42. The van der Waals surface area contributed by atoms with Crippen LogP contribution < -0.4 is 0 Å². The molecule has 1 N–H and O–H groups in total. The molecule has 1 aliphatic heterocycles. The first-order valence-corrected chi connectivity index (χ1v) is 9.44. The predicted octanol–water partition coefficient (Wildman–Crippen LogP) is 3.36. The van der Waals surface area contributed by atoms with Crippen molar-refractivity contribution in [1.82, 2.24) is 4.90 Å². The van der Waals surface area contributed by atoms with Crippen LogP contribution in [0.15, 0.2) is 54.1 Å². The lowest BCUT2D eigenvalue weighted by Gasteiger charge is -2.25. The van der Waals surface area contributed by atoms with Gasteiger partial charge in [-0.15, -0.1) is 0 Å². The molecular formula is C22H22N2O6. The summed E-state index contributed by atoms with van der Waals surface area (Å²) in [5, 5.41) is 22.5. The van der Waals surface area contributed by atoms with Crippen LogP contribution in [0.5, 0.6) is 0 Å². The summed E-state index contributed by atoms with van der Waals surface area (Å²) in [6.45, 7) is 2.39. The Kier molecular flexibility index (Phi) is 6.27. The van der Waals surface area contributed by atoms with Gasteiger partial charge in [0.25, 0.3) is 17.4 Å². The number of hydrogen-bond donors (Lipinski definition) is 1. The Hall–Kier alpha value is -3.52.